The predicted octanol–water partition coefficient (Wildman–Crippen LogP) is 1.54. The first-order valence-corrected chi connectivity index (χ1v) is 7.20. The number of amides is 1. The zero-order valence-electron chi connectivity index (χ0n) is 11.9. The smallest absolute Gasteiger partial charge is 0.224 e. The molecule has 2 aliphatic heterocycles. The first-order chi connectivity index (χ1) is 8.53. The van der Waals surface area contributed by atoms with Crippen LogP contribution in [0.4, 0.5) is 0 Å². The van der Waals surface area contributed by atoms with E-state index in [1.165, 1.54) is 12.8 Å². The highest BCUT2D eigenvalue weighted by Gasteiger charge is 2.40. The first kappa shape index (κ1) is 13.8. The molecule has 0 saturated carbocycles. The average molecular weight is 254 g/mol. The lowest BCUT2D eigenvalue weighted by Crippen LogP contribution is -2.49. The lowest BCUT2D eigenvalue weighted by atomic mass is 9.98. The summed E-state index contributed by atoms with van der Waals surface area (Å²) >= 11 is 0. The topological polar surface area (TPSA) is 41.6 Å². The van der Waals surface area contributed by atoms with Crippen molar-refractivity contribution in [2.24, 2.45) is 0 Å². The highest BCUT2D eigenvalue weighted by Crippen LogP contribution is 2.28. The molecule has 2 heterocycles. The fourth-order valence-corrected chi connectivity index (χ4v) is 3.15. The second kappa shape index (κ2) is 5.57. The van der Waals surface area contributed by atoms with E-state index in [0.29, 0.717) is 24.4 Å². The van der Waals surface area contributed by atoms with Gasteiger partial charge in [0.15, 0.2) is 0 Å². The molecular formula is C14H26N2O2. The highest BCUT2D eigenvalue weighted by molar-refractivity contribution is 5.80. The molecule has 0 aromatic heterocycles. The zero-order chi connectivity index (χ0) is 13.2. The molecular weight excluding hydrogens is 228 g/mol. The Bertz CT molecular complexity index is 304. The summed E-state index contributed by atoms with van der Waals surface area (Å²) in [4.78, 5) is 14.0. The largest absolute Gasteiger partial charge is 0.375 e. The van der Waals surface area contributed by atoms with Gasteiger partial charge in [0.1, 0.15) is 0 Å². The van der Waals surface area contributed by atoms with Crippen molar-refractivity contribution in [1.82, 2.24) is 10.2 Å². The summed E-state index contributed by atoms with van der Waals surface area (Å²) in [6.45, 7) is 8.70. The Morgan fingerprint density at radius 1 is 1.44 bits per heavy atom. The molecule has 0 spiro atoms. The van der Waals surface area contributed by atoms with Gasteiger partial charge in [-0.1, -0.05) is 0 Å². The van der Waals surface area contributed by atoms with Crippen LogP contribution in [0, 0.1) is 0 Å². The van der Waals surface area contributed by atoms with Crippen LogP contribution in [0.15, 0.2) is 0 Å². The number of nitrogens with one attached hydrogen (secondary N) is 1. The molecule has 1 N–H and O–H groups in total. The van der Waals surface area contributed by atoms with Gasteiger partial charge < -0.3 is 15.0 Å². The fraction of sp³-hybridized carbons (Fsp3) is 0.929. The van der Waals surface area contributed by atoms with Crippen LogP contribution >= 0.6 is 0 Å². The van der Waals surface area contributed by atoms with E-state index < -0.39 is 0 Å². The van der Waals surface area contributed by atoms with Crippen LogP contribution in [0.2, 0.25) is 0 Å². The van der Waals surface area contributed by atoms with Crippen molar-refractivity contribution in [2.45, 2.75) is 64.1 Å². The molecule has 0 bridgehead atoms. The Kier molecular flexibility index (Phi) is 4.28. The molecule has 18 heavy (non-hydrogen) atoms. The summed E-state index contributed by atoms with van der Waals surface area (Å²) in [7, 11) is 0. The van der Waals surface area contributed by atoms with E-state index in [1.807, 2.05) is 6.92 Å². The molecule has 2 atom stereocenters. The summed E-state index contributed by atoms with van der Waals surface area (Å²) in [6, 6.07) is 0.737. The maximum absolute atomic E-state index is 11.9. The van der Waals surface area contributed by atoms with Gasteiger partial charge in [0, 0.05) is 38.2 Å². The Hall–Kier alpha value is -0.610. The Labute approximate surface area is 110 Å². The van der Waals surface area contributed by atoms with Crippen LogP contribution in [0.1, 0.15) is 46.5 Å². The van der Waals surface area contributed by atoms with Gasteiger partial charge in [-0.15, -0.1) is 0 Å². The van der Waals surface area contributed by atoms with Gasteiger partial charge in [-0.3, -0.25) is 4.79 Å². The molecule has 2 saturated heterocycles. The van der Waals surface area contributed by atoms with Crippen molar-refractivity contribution in [3.63, 3.8) is 0 Å². The van der Waals surface area contributed by atoms with Crippen molar-refractivity contribution >= 4 is 5.91 Å². The maximum Gasteiger partial charge on any atom is 0.224 e. The maximum atomic E-state index is 11.9. The Balaban J connectivity index is 1.88. The number of hydrogen-bond donors (Lipinski definition) is 1. The highest BCUT2D eigenvalue weighted by atomic mass is 16.5. The van der Waals surface area contributed by atoms with Gasteiger partial charge in [0.05, 0.1) is 5.60 Å². The quantitative estimate of drug-likeness (QED) is 0.809. The summed E-state index contributed by atoms with van der Waals surface area (Å²) in [5.41, 5.74) is -0.153. The number of rotatable bonds is 5. The number of fused-ring (bicyclic) bond motifs is 1. The van der Waals surface area contributed by atoms with Crippen molar-refractivity contribution < 1.29 is 9.53 Å². The van der Waals surface area contributed by atoms with Crippen LogP contribution in [-0.4, -0.2) is 48.2 Å². The summed E-state index contributed by atoms with van der Waals surface area (Å²) in [5, 5.41) is 3.55. The number of nitrogens with zero attached hydrogens (tertiary/aromatic N) is 1. The van der Waals surface area contributed by atoms with Crippen molar-refractivity contribution in [3.05, 3.63) is 0 Å². The third-order valence-electron chi connectivity index (χ3n) is 4.05. The van der Waals surface area contributed by atoms with E-state index in [4.69, 9.17) is 4.74 Å². The molecule has 2 unspecified atom stereocenters. The van der Waals surface area contributed by atoms with E-state index in [9.17, 15) is 4.79 Å². The molecule has 2 rings (SSSR count). The van der Waals surface area contributed by atoms with E-state index in [-0.39, 0.29) is 5.60 Å². The monoisotopic (exact) mass is 254 g/mol. The Morgan fingerprint density at radius 3 is 2.94 bits per heavy atom. The lowest BCUT2D eigenvalue weighted by molar-refractivity contribution is -0.129. The molecule has 0 aromatic carbocycles. The summed E-state index contributed by atoms with van der Waals surface area (Å²) in [6.07, 6.45) is 4.23. The lowest BCUT2D eigenvalue weighted by Gasteiger charge is -2.34. The summed E-state index contributed by atoms with van der Waals surface area (Å²) < 4.78 is 5.69. The van der Waals surface area contributed by atoms with Gasteiger partial charge in [0.2, 0.25) is 5.91 Å². The number of piperidine rings is 1. The van der Waals surface area contributed by atoms with Crippen LogP contribution in [0.3, 0.4) is 0 Å². The molecule has 0 aromatic rings. The predicted molar refractivity (Wildman–Crippen MR) is 71.5 cm³/mol. The van der Waals surface area contributed by atoms with Gasteiger partial charge in [-0.25, -0.2) is 0 Å². The van der Waals surface area contributed by atoms with Gasteiger partial charge >= 0.3 is 0 Å². The van der Waals surface area contributed by atoms with Gasteiger partial charge in [-0.05, 0) is 40.0 Å². The fourth-order valence-electron chi connectivity index (χ4n) is 3.15. The number of hydrogen-bond acceptors (Lipinski definition) is 3. The molecule has 0 aliphatic carbocycles. The number of carbonyl (C=O) groups excluding carboxylic acids is 1. The minimum Gasteiger partial charge on any atom is -0.375 e. The van der Waals surface area contributed by atoms with E-state index >= 15 is 0 Å². The Morgan fingerprint density at radius 2 is 2.22 bits per heavy atom. The van der Waals surface area contributed by atoms with Gasteiger partial charge in [0.25, 0.3) is 0 Å². The van der Waals surface area contributed by atoms with E-state index in [2.05, 4.69) is 24.1 Å². The molecule has 2 fully saturated rings. The second-order valence-electron chi connectivity index (χ2n) is 6.03. The molecule has 1 amide bonds. The minimum absolute atomic E-state index is 0.153. The normalized spacial score (nSPS) is 28.6. The third-order valence-corrected chi connectivity index (χ3v) is 4.05. The minimum atomic E-state index is -0.153. The first-order valence-electron chi connectivity index (χ1n) is 7.20. The second-order valence-corrected chi connectivity index (χ2v) is 6.03. The third kappa shape index (κ3) is 3.04. The SMILES string of the molecule is CCOC(C)(C)CNC1CC(=O)N2CCCCC12. The van der Waals surface area contributed by atoms with Gasteiger partial charge in [-0.2, -0.15) is 0 Å². The van der Waals surface area contributed by atoms with E-state index in [0.717, 1.165) is 26.1 Å². The van der Waals surface area contributed by atoms with E-state index in [1.54, 1.807) is 0 Å². The van der Waals surface area contributed by atoms with Crippen molar-refractivity contribution in [2.75, 3.05) is 19.7 Å². The molecule has 4 heteroatoms. The van der Waals surface area contributed by atoms with Crippen LogP contribution in [0.25, 0.3) is 0 Å². The molecule has 104 valence electrons. The van der Waals surface area contributed by atoms with Crippen LogP contribution < -0.4 is 5.32 Å². The van der Waals surface area contributed by atoms with Crippen molar-refractivity contribution in [1.29, 1.82) is 0 Å². The number of carbonyl (C=O) groups is 1. The van der Waals surface area contributed by atoms with Crippen LogP contribution in [0.5, 0.6) is 0 Å². The molecule has 2 aliphatic rings. The zero-order valence-corrected chi connectivity index (χ0v) is 11.9. The van der Waals surface area contributed by atoms with Crippen molar-refractivity contribution in [3.8, 4) is 0 Å². The molecule has 4 nitrogen and oxygen atoms in total. The summed E-state index contributed by atoms with van der Waals surface area (Å²) in [5.74, 6) is 0.325. The van der Waals surface area contributed by atoms with Crippen LogP contribution in [-0.2, 0) is 9.53 Å². The standard InChI is InChI=1S/C14H26N2O2/c1-4-18-14(2,3)10-15-11-9-13(17)16-8-6-5-7-12(11)16/h11-12,15H,4-10H2,1-3H3. The average Bonchev–Trinajstić information content (AvgIpc) is 2.65. The number of ether oxygens (including phenoxy) is 1. The molecule has 0 radical (unpaired) electrons.